The van der Waals surface area contributed by atoms with Gasteiger partial charge in [0.05, 0.1) is 17.7 Å². The first kappa shape index (κ1) is 16.3. The van der Waals surface area contributed by atoms with Gasteiger partial charge >= 0.3 is 6.36 Å². The summed E-state index contributed by atoms with van der Waals surface area (Å²) in [6.07, 6.45) is -5.35. The van der Waals surface area contributed by atoms with Gasteiger partial charge in [-0.05, 0) is 23.3 Å². The fraction of sp³-hybridized carbons (Fsp3) is 0.235. The summed E-state index contributed by atoms with van der Waals surface area (Å²) in [5.41, 5.74) is 1.41. The molecule has 1 aliphatic carbocycles. The normalized spacial score (nSPS) is 19.7. The minimum Gasteiger partial charge on any atom is -0.405 e. The van der Waals surface area contributed by atoms with Gasteiger partial charge in [-0.15, -0.1) is 13.2 Å². The Morgan fingerprint density at radius 3 is 2.54 bits per heavy atom. The van der Waals surface area contributed by atoms with Crippen LogP contribution in [-0.4, -0.2) is 23.5 Å². The molecule has 1 amide bonds. The summed E-state index contributed by atoms with van der Waals surface area (Å²) >= 11 is 0. The molecule has 0 bridgehead atoms. The standard InChI is InChI=1S/C17H14F3NO3/c18-17(19,20)24-14-8-4-3-7-12(14)16(23)21-15-11-6-2-1-5-10(11)9-13(15)22/h1-8,13,15,22H,9H2,(H,21,23). The monoisotopic (exact) mass is 337 g/mol. The zero-order valence-electron chi connectivity index (χ0n) is 12.4. The fourth-order valence-electron chi connectivity index (χ4n) is 2.83. The topological polar surface area (TPSA) is 58.6 Å². The van der Waals surface area contributed by atoms with Gasteiger partial charge in [0.25, 0.3) is 5.91 Å². The highest BCUT2D eigenvalue weighted by atomic mass is 19.4. The number of amides is 1. The van der Waals surface area contributed by atoms with Crippen molar-refractivity contribution in [1.29, 1.82) is 0 Å². The molecule has 24 heavy (non-hydrogen) atoms. The molecular weight excluding hydrogens is 323 g/mol. The first-order valence-electron chi connectivity index (χ1n) is 7.26. The molecule has 0 saturated carbocycles. The predicted octanol–water partition coefficient (Wildman–Crippen LogP) is 2.97. The Morgan fingerprint density at radius 1 is 1.12 bits per heavy atom. The Morgan fingerprint density at radius 2 is 1.79 bits per heavy atom. The van der Waals surface area contributed by atoms with E-state index in [1.807, 2.05) is 12.1 Å². The number of nitrogens with one attached hydrogen (secondary N) is 1. The van der Waals surface area contributed by atoms with Gasteiger partial charge in [0.1, 0.15) is 5.75 Å². The molecule has 2 atom stereocenters. The van der Waals surface area contributed by atoms with Crippen molar-refractivity contribution >= 4 is 5.91 Å². The molecule has 126 valence electrons. The van der Waals surface area contributed by atoms with Crippen molar-refractivity contribution in [3.8, 4) is 5.75 Å². The highest BCUT2D eigenvalue weighted by Crippen LogP contribution is 2.32. The smallest absolute Gasteiger partial charge is 0.405 e. The molecule has 4 nitrogen and oxygen atoms in total. The minimum absolute atomic E-state index is 0.244. The molecule has 0 radical (unpaired) electrons. The summed E-state index contributed by atoms with van der Waals surface area (Å²) < 4.78 is 41.3. The van der Waals surface area contributed by atoms with Gasteiger partial charge in [-0.25, -0.2) is 0 Å². The second-order valence-corrected chi connectivity index (χ2v) is 5.47. The number of aliphatic hydroxyl groups excluding tert-OH is 1. The molecule has 0 saturated heterocycles. The third kappa shape index (κ3) is 3.35. The number of alkyl halides is 3. The van der Waals surface area contributed by atoms with Gasteiger partial charge < -0.3 is 15.2 Å². The maximum absolute atomic E-state index is 12.5. The first-order valence-corrected chi connectivity index (χ1v) is 7.26. The number of ether oxygens (including phenoxy) is 1. The van der Waals surface area contributed by atoms with Crippen molar-refractivity contribution in [1.82, 2.24) is 5.32 Å². The molecular formula is C17H14F3NO3. The van der Waals surface area contributed by atoms with E-state index in [4.69, 9.17) is 0 Å². The van der Waals surface area contributed by atoms with E-state index >= 15 is 0 Å². The lowest BCUT2D eigenvalue weighted by Crippen LogP contribution is -2.34. The molecule has 2 unspecified atom stereocenters. The van der Waals surface area contributed by atoms with Crippen LogP contribution in [0.15, 0.2) is 48.5 Å². The molecule has 1 aliphatic rings. The Bertz CT molecular complexity index is 761. The van der Waals surface area contributed by atoms with E-state index in [-0.39, 0.29) is 5.56 Å². The number of carbonyl (C=O) groups excluding carboxylic acids is 1. The lowest BCUT2D eigenvalue weighted by atomic mass is 10.1. The third-order valence-corrected chi connectivity index (χ3v) is 3.85. The zero-order valence-corrected chi connectivity index (χ0v) is 12.4. The molecule has 0 aromatic heterocycles. The highest BCUT2D eigenvalue weighted by Gasteiger charge is 2.35. The highest BCUT2D eigenvalue weighted by molar-refractivity contribution is 5.97. The van der Waals surface area contributed by atoms with Gasteiger partial charge in [-0.2, -0.15) is 0 Å². The number of rotatable bonds is 3. The zero-order chi connectivity index (χ0) is 17.3. The number of hydrogen-bond acceptors (Lipinski definition) is 3. The summed E-state index contributed by atoms with van der Waals surface area (Å²) in [6.45, 7) is 0. The van der Waals surface area contributed by atoms with Crippen LogP contribution in [0.3, 0.4) is 0 Å². The average molecular weight is 337 g/mol. The molecule has 7 heteroatoms. The van der Waals surface area contributed by atoms with E-state index in [0.29, 0.717) is 6.42 Å². The van der Waals surface area contributed by atoms with Crippen LogP contribution >= 0.6 is 0 Å². The van der Waals surface area contributed by atoms with Crippen molar-refractivity contribution in [3.63, 3.8) is 0 Å². The van der Waals surface area contributed by atoms with Crippen molar-refractivity contribution < 1.29 is 27.8 Å². The molecule has 0 spiro atoms. The Labute approximate surface area is 135 Å². The van der Waals surface area contributed by atoms with Gasteiger partial charge in [0.2, 0.25) is 0 Å². The maximum Gasteiger partial charge on any atom is 0.573 e. The molecule has 0 fully saturated rings. The van der Waals surface area contributed by atoms with Crippen molar-refractivity contribution in [3.05, 3.63) is 65.2 Å². The number of hydrogen-bond donors (Lipinski definition) is 2. The number of aliphatic hydroxyl groups is 1. The van der Waals surface area contributed by atoms with E-state index in [1.165, 1.54) is 18.2 Å². The van der Waals surface area contributed by atoms with Crippen molar-refractivity contribution in [2.45, 2.75) is 24.9 Å². The molecule has 0 heterocycles. The maximum atomic E-state index is 12.5. The first-order chi connectivity index (χ1) is 11.3. The predicted molar refractivity (Wildman–Crippen MR) is 79.5 cm³/mol. The lowest BCUT2D eigenvalue weighted by molar-refractivity contribution is -0.274. The van der Waals surface area contributed by atoms with Gasteiger partial charge in [-0.1, -0.05) is 36.4 Å². The number of fused-ring (bicyclic) bond motifs is 1. The summed E-state index contributed by atoms with van der Waals surface area (Å²) in [5, 5.41) is 12.7. The van der Waals surface area contributed by atoms with Gasteiger partial charge in [-0.3, -0.25) is 4.79 Å². The number of benzene rings is 2. The van der Waals surface area contributed by atoms with Crippen LogP contribution in [-0.2, 0) is 6.42 Å². The third-order valence-electron chi connectivity index (χ3n) is 3.85. The van der Waals surface area contributed by atoms with Crippen molar-refractivity contribution in [2.24, 2.45) is 0 Å². The summed E-state index contributed by atoms with van der Waals surface area (Å²) in [4.78, 5) is 12.4. The lowest BCUT2D eigenvalue weighted by Gasteiger charge is -2.19. The van der Waals surface area contributed by atoms with Crippen molar-refractivity contribution in [2.75, 3.05) is 0 Å². The quantitative estimate of drug-likeness (QED) is 0.905. The average Bonchev–Trinajstić information content (AvgIpc) is 2.82. The second kappa shape index (κ2) is 6.16. The summed E-state index contributed by atoms with van der Waals surface area (Å²) in [7, 11) is 0. The molecule has 2 aromatic carbocycles. The van der Waals surface area contributed by atoms with Crippen LogP contribution in [0.1, 0.15) is 27.5 Å². The van der Waals surface area contributed by atoms with Crippen LogP contribution in [0.2, 0.25) is 0 Å². The van der Waals surface area contributed by atoms with Gasteiger partial charge in [0, 0.05) is 6.42 Å². The largest absolute Gasteiger partial charge is 0.573 e. The van der Waals surface area contributed by atoms with E-state index < -0.39 is 30.2 Å². The number of carbonyl (C=O) groups is 1. The molecule has 0 aliphatic heterocycles. The molecule has 2 N–H and O–H groups in total. The fourth-order valence-corrected chi connectivity index (χ4v) is 2.83. The van der Waals surface area contributed by atoms with E-state index in [9.17, 15) is 23.1 Å². The minimum atomic E-state index is -4.89. The van der Waals surface area contributed by atoms with E-state index in [0.717, 1.165) is 17.2 Å². The van der Waals surface area contributed by atoms with Crippen LogP contribution in [0.5, 0.6) is 5.75 Å². The molecule has 3 rings (SSSR count). The summed E-state index contributed by atoms with van der Waals surface area (Å²) in [5.74, 6) is -1.32. The second-order valence-electron chi connectivity index (χ2n) is 5.47. The van der Waals surface area contributed by atoms with Crippen LogP contribution < -0.4 is 10.1 Å². The van der Waals surface area contributed by atoms with Crippen LogP contribution in [0, 0.1) is 0 Å². The van der Waals surface area contributed by atoms with E-state index in [1.54, 1.807) is 12.1 Å². The SMILES string of the molecule is O=C(NC1c2ccccc2CC1O)c1ccccc1OC(F)(F)F. The van der Waals surface area contributed by atoms with E-state index in [2.05, 4.69) is 10.1 Å². The van der Waals surface area contributed by atoms with Crippen LogP contribution in [0.4, 0.5) is 13.2 Å². The number of halogens is 3. The Hall–Kier alpha value is -2.54. The summed E-state index contributed by atoms with van der Waals surface area (Å²) in [6, 6.07) is 11.6. The number of para-hydroxylation sites is 1. The van der Waals surface area contributed by atoms with Crippen LogP contribution in [0.25, 0.3) is 0 Å². The Kier molecular flexibility index (Phi) is 4.19. The Balaban J connectivity index is 1.84. The molecule has 2 aromatic rings. The van der Waals surface area contributed by atoms with Gasteiger partial charge in [0.15, 0.2) is 0 Å².